The number of alkyl halides is 1. The number of benzene rings is 1. The Morgan fingerprint density at radius 3 is 2.58 bits per heavy atom. The van der Waals surface area contributed by atoms with Crippen LogP contribution in [0.15, 0.2) is 24.3 Å². The van der Waals surface area contributed by atoms with Gasteiger partial charge in [0.1, 0.15) is 0 Å². The molecule has 1 aromatic rings. The van der Waals surface area contributed by atoms with Crippen molar-refractivity contribution in [3.8, 4) is 0 Å². The van der Waals surface area contributed by atoms with Gasteiger partial charge < -0.3 is 4.90 Å². The summed E-state index contributed by atoms with van der Waals surface area (Å²) < 4.78 is 0. The Morgan fingerprint density at radius 2 is 1.95 bits per heavy atom. The predicted octanol–water partition coefficient (Wildman–Crippen LogP) is 2.35. The zero-order valence-corrected chi connectivity index (χ0v) is 11.8. The average Bonchev–Trinajstić information content (AvgIpc) is 3.31. The molecule has 1 amide bonds. The van der Waals surface area contributed by atoms with Crippen molar-refractivity contribution in [3.05, 3.63) is 35.4 Å². The van der Waals surface area contributed by atoms with Crippen LogP contribution in [0.3, 0.4) is 0 Å². The van der Waals surface area contributed by atoms with Crippen LogP contribution < -0.4 is 0 Å². The Bertz CT molecular complexity index is 465. The highest BCUT2D eigenvalue weighted by atomic mass is 35.5. The van der Waals surface area contributed by atoms with Crippen LogP contribution in [0.5, 0.6) is 0 Å². The number of nitrogens with zero attached hydrogens (tertiary/aromatic N) is 2. The van der Waals surface area contributed by atoms with Crippen LogP contribution in [-0.4, -0.2) is 47.9 Å². The summed E-state index contributed by atoms with van der Waals surface area (Å²) in [6, 6.07) is 8.45. The van der Waals surface area contributed by atoms with E-state index in [1.807, 2.05) is 29.2 Å². The molecule has 1 saturated carbocycles. The van der Waals surface area contributed by atoms with Gasteiger partial charge in [-0.3, -0.25) is 9.69 Å². The molecule has 1 aromatic carbocycles. The second-order valence-corrected chi connectivity index (χ2v) is 5.66. The van der Waals surface area contributed by atoms with Crippen LogP contribution in [0, 0.1) is 0 Å². The molecule has 0 bridgehead atoms. The summed E-state index contributed by atoms with van der Waals surface area (Å²) in [5.74, 6) is 0.596. The van der Waals surface area contributed by atoms with Crippen LogP contribution in [0.25, 0.3) is 0 Å². The number of piperazine rings is 1. The Kier molecular flexibility index (Phi) is 3.76. The van der Waals surface area contributed by atoms with Gasteiger partial charge in [-0.15, -0.1) is 11.6 Å². The van der Waals surface area contributed by atoms with E-state index in [-0.39, 0.29) is 5.91 Å². The van der Waals surface area contributed by atoms with E-state index in [0.29, 0.717) is 5.88 Å². The Hall–Kier alpha value is -1.06. The summed E-state index contributed by atoms with van der Waals surface area (Å²) in [6.45, 7) is 3.73. The van der Waals surface area contributed by atoms with Crippen LogP contribution in [-0.2, 0) is 5.88 Å². The van der Waals surface area contributed by atoms with E-state index in [9.17, 15) is 4.79 Å². The lowest BCUT2D eigenvalue weighted by Crippen LogP contribution is -2.49. The maximum atomic E-state index is 12.4. The molecule has 1 heterocycles. The molecule has 0 spiro atoms. The van der Waals surface area contributed by atoms with Crippen molar-refractivity contribution in [1.29, 1.82) is 0 Å². The van der Waals surface area contributed by atoms with Crippen LogP contribution in [0.4, 0.5) is 0 Å². The monoisotopic (exact) mass is 278 g/mol. The predicted molar refractivity (Wildman–Crippen MR) is 76.5 cm³/mol. The largest absolute Gasteiger partial charge is 0.336 e. The molecule has 3 nitrogen and oxygen atoms in total. The van der Waals surface area contributed by atoms with Gasteiger partial charge in [-0.05, 0) is 30.5 Å². The molecule has 0 radical (unpaired) electrons. The van der Waals surface area contributed by atoms with E-state index >= 15 is 0 Å². The van der Waals surface area contributed by atoms with Crippen molar-refractivity contribution < 1.29 is 4.79 Å². The first-order chi connectivity index (χ1) is 9.28. The summed E-state index contributed by atoms with van der Waals surface area (Å²) >= 11 is 5.82. The van der Waals surface area contributed by atoms with Gasteiger partial charge in [0, 0.05) is 43.7 Å². The number of rotatable bonds is 3. The fourth-order valence-corrected chi connectivity index (χ4v) is 2.87. The first-order valence-corrected chi connectivity index (χ1v) is 7.49. The van der Waals surface area contributed by atoms with E-state index in [0.717, 1.165) is 43.3 Å². The Morgan fingerprint density at radius 1 is 1.21 bits per heavy atom. The molecule has 2 fully saturated rings. The van der Waals surface area contributed by atoms with E-state index in [1.54, 1.807) is 0 Å². The molecule has 4 heteroatoms. The number of carbonyl (C=O) groups excluding carboxylic acids is 1. The zero-order chi connectivity index (χ0) is 13.2. The minimum absolute atomic E-state index is 0.141. The highest BCUT2D eigenvalue weighted by Gasteiger charge is 2.32. The minimum Gasteiger partial charge on any atom is -0.336 e. The second-order valence-electron chi connectivity index (χ2n) is 5.39. The maximum absolute atomic E-state index is 12.4. The molecule has 1 saturated heterocycles. The van der Waals surface area contributed by atoms with Gasteiger partial charge in [0.15, 0.2) is 0 Å². The molecule has 102 valence electrons. The molecule has 2 aliphatic rings. The highest BCUT2D eigenvalue weighted by Crippen LogP contribution is 2.27. The Labute approximate surface area is 119 Å². The minimum atomic E-state index is 0.141. The molecule has 3 rings (SSSR count). The molecule has 0 N–H and O–H groups in total. The molecular weight excluding hydrogens is 260 g/mol. The van der Waals surface area contributed by atoms with Gasteiger partial charge in [0.25, 0.3) is 5.91 Å². The van der Waals surface area contributed by atoms with Gasteiger partial charge in [-0.1, -0.05) is 12.1 Å². The first-order valence-electron chi connectivity index (χ1n) is 6.96. The van der Waals surface area contributed by atoms with Crippen molar-refractivity contribution >= 4 is 17.5 Å². The number of halogens is 1. The molecular formula is C15H19ClN2O. The summed E-state index contributed by atoms with van der Waals surface area (Å²) in [7, 11) is 0. The van der Waals surface area contributed by atoms with E-state index < -0.39 is 0 Å². The highest BCUT2D eigenvalue weighted by molar-refractivity contribution is 6.17. The van der Waals surface area contributed by atoms with E-state index in [4.69, 9.17) is 11.6 Å². The van der Waals surface area contributed by atoms with Crippen LogP contribution in [0.1, 0.15) is 28.8 Å². The third-order valence-electron chi connectivity index (χ3n) is 3.99. The SMILES string of the molecule is O=C(c1cccc(CCl)c1)N1CCN(C2CC2)CC1. The quantitative estimate of drug-likeness (QED) is 0.793. The van der Waals surface area contributed by atoms with Gasteiger partial charge in [-0.25, -0.2) is 0 Å². The number of carbonyl (C=O) groups is 1. The lowest BCUT2D eigenvalue weighted by Gasteiger charge is -2.34. The topological polar surface area (TPSA) is 23.6 Å². The van der Waals surface area contributed by atoms with Gasteiger partial charge in [0.05, 0.1) is 0 Å². The summed E-state index contributed by atoms with van der Waals surface area (Å²) in [5, 5.41) is 0. The fourth-order valence-electron chi connectivity index (χ4n) is 2.70. The standard InChI is InChI=1S/C15H19ClN2O/c16-11-12-2-1-3-13(10-12)15(19)18-8-6-17(7-9-18)14-4-5-14/h1-3,10,14H,4-9,11H2. The molecule has 19 heavy (non-hydrogen) atoms. The van der Waals surface area contributed by atoms with Crippen molar-refractivity contribution in [2.24, 2.45) is 0 Å². The van der Waals surface area contributed by atoms with Crippen molar-refractivity contribution in [2.75, 3.05) is 26.2 Å². The summed E-state index contributed by atoms with van der Waals surface area (Å²) in [6.07, 6.45) is 2.68. The van der Waals surface area contributed by atoms with Crippen molar-refractivity contribution in [3.63, 3.8) is 0 Å². The number of hydrogen-bond acceptors (Lipinski definition) is 2. The van der Waals surface area contributed by atoms with E-state index in [1.165, 1.54) is 12.8 Å². The van der Waals surface area contributed by atoms with Gasteiger partial charge in [-0.2, -0.15) is 0 Å². The van der Waals surface area contributed by atoms with Crippen LogP contribution >= 0.6 is 11.6 Å². The third-order valence-corrected chi connectivity index (χ3v) is 4.30. The smallest absolute Gasteiger partial charge is 0.253 e. The molecule has 0 unspecified atom stereocenters. The van der Waals surface area contributed by atoms with Crippen LogP contribution in [0.2, 0.25) is 0 Å². The first kappa shape index (κ1) is 12.9. The molecule has 1 aliphatic carbocycles. The zero-order valence-electron chi connectivity index (χ0n) is 11.0. The normalized spacial score (nSPS) is 20.6. The summed E-state index contributed by atoms with van der Waals surface area (Å²) in [4.78, 5) is 16.9. The van der Waals surface area contributed by atoms with Crippen molar-refractivity contribution in [1.82, 2.24) is 9.80 Å². The molecule has 0 atom stereocenters. The maximum Gasteiger partial charge on any atom is 0.253 e. The second kappa shape index (κ2) is 5.51. The average molecular weight is 279 g/mol. The fraction of sp³-hybridized carbons (Fsp3) is 0.533. The lowest BCUT2D eigenvalue weighted by molar-refractivity contribution is 0.0627. The van der Waals surface area contributed by atoms with E-state index in [2.05, 4.69) is 4.90 Å². The van der Waals surface area contributed by atoms with Gasteiger partial charge in [0.2, 0.25) is 0 Å². The molecule has 0 aromatic heterocycles. The third kappa shape index (κ3) is 2.93. The number of hydrogen-bond donors (Lipinski definition) is 0. The summed E-state index contributed by atoms with van der Waals surface area (Å²) in [5.41, 5.74) is 1.77. The number of amides is 1. The molecule has 1 aliphatic heterocycles. The van der Waals surface area contributed by atoms with Crippen molar-refractivity contribution in [2.45, 2.75) is 24.8 Å². The lowest BCUT2D eigenvalue weighted by atomic mass is 10.1. The van der Waals surface area contributed by atoms with Gasteiger partial charge >= 0.3 is 0 Å². The Balaban J connectivity index is 1.63.